The Balaban J connectivity index is 1.75. The van der Waals surface area contributed by atoms with E-state index in [1.807, 2.05) is 0 Å². The molecule has 0 radical (unpaired) electrons. The van der Waals surface area contributed by atoms with E-state index in [0.717, 1.165) is 24.7 Å². The van der Waals surface area contributed by atoms with Crippen molar-refractivity contribution in [2.75, 3.05) is 24.7 Å². The average Bonchev–Trinajstić information content (AvgIpc) is 3.17. The second-order valence-electron chi connectivity index (χ2n) is 6.97. The molecule has 0 aromatic heterocycles. The van der Waals surface area contributed by atoms with E-state index in [4.69, 9.17) is 32.1 Å². The van der Waals surface area contributed by atoms with Crippen LogP contribution in [0.3, 0.4) is 0 Å². The Labute approximate surface area is 186 Å². The summed E-state index contributed by atoms with van der Waals surface area (Å²) in [5.74, 6) is 0.208. The molecule has 1 heterocycles. The lowest BCUT2D eigenvalue weighted by Gasteiger charge is -2.26. The molecule has 2 amide bonds. The number of carbonyl (C=O) groups excluding carboxylic acids is 1. The molecule has 1 fully saturated rings. The largest absolute Gasteiger partial charge is 0.383 e. The fourth-order valence-electron chi connectivity index (χ4n) is 3.10. The number of para-hydroxylation sites is 1. The minimum Gasteiger partial charge on any atom is -0.383 e. The molecule has 1 atom stereocenters. The van der Waals surface area contributed by atoms with E-state index in [-0.39, 0.29) is 24.4 Å². The average molecular weight is 473 g/mol. The number of halogens is 2. The number of nitrogens with one attached hydrogen (secondary N) is 1. The first-order valence-electron chi connectivity index (χ1n) is 9.31. The first kappa shape index (κ1) is 22.7. The van der Waals surface area contributed by atoms with Gasteiger partial charge in [-0.15, -0.1) is 0 Å². The number of rotatable bonds is 7. The number of urea groups is 1. The molecule has 1 aliphatic rings. The lowest BCUT2D eigenvalue weighted by atomic mass is 10.2. The highest BCUT2D eigenvalue weighted by atomic mass is 35.5. The normalized spacial score (nSPS) is 16.3. The molecule has 0 saturated carbocycles. The number of ether oxygens (including phenoxy) is 1. The van der Waals surface area contributed by atoms with Crippen molar-refractivity contribution in [1.82, 2.24) is 4.90 Å². The summed E-state index contributed by atoms with van der Waals surface area (Å²) in [7, 11) is -3.60. The molecule has 1 aliphatic heterocycles. The van der Waals surface area contributed by atoms with Crippen LogP contribution in [0.5, 0.6) is 5.75 Å². The van der Waals surface area contributed by atoms with Gasteiger partial charge in [-0.3, -0.25) is 0 Å². The van der Waals surface area contributed by atoms with Gasteiger partial charge in [-0.2, -0.15) is 8.42 Å². The van der Waals surface area contributed by atoms with Crippen LogP contribution in [0.15, 0.2) is 42.5 Å². The Morgan fingerprint density at radius 2 is 1.87 bits per heavy atom. The van der Waals surface area contributed by atoms with Gasteiger partial charge in [0.1, 0.15) is 5.75 Å². The van der Waals surface area contributed by atoms with Crippen LogP contribution in [0.4, 0.5) is 10.5 Å². The quantitative estimate of drug-likeness (QED) is 0.597. The molecular weight excluding hydrogens is 451 g/mol. The molecule has 1 saturated heterocycles. The smallest absolute Gasteiger partial charge is 0.322 e. The molecule has 2 aromatic rings. The van der Waals surface area contributed by atoms with E-state index in [2.05, 4.69) is 5.32 Å². The number of hydrogen-bond donors (Lipinski definition) is 1. The molecule has 10 heteroatoms. The highest BCUT2D eigenvalue weighted by Crippen LogP contribution is 2.30. The van der Waals surface area contributed by atoms with Gasteiger partial charge < -0.3 is 19.1 Å². The number of amides is 2. The Morgan fingerprint density at radius 3 is 2.43 bits per heavy atom. The van der Waals surface area contributed by atoms with Crippen LogP contribution in [-0.4, -0.2) is 44.9 Å². The minimum atomic E-state index is -3.60. The van der Waals surface area contributed by atoms with Gasteiger partial charge in [0.05, 0.1) is 28.1 Å². The van der Waals surface area contributed by atoms with Crippen LogP contribution in [0.1, 0.15) is 18.4 Å². The molecule has 162 valence electrons. The van der Waals surface area contributed by atoms with Crippen molar-refractivity contribution < 1.29 is 22.1 Å². The lowest BCUT2D eigenvalue weighted by molar-refractivity contribution is 0.0819. The molecule has 0 spiro atoms. The zero-order chi connectivity index (χ0) is 21.7. The Hall–Kier alpha value is -2.00. The number of nitrogens with zero attached hydrogens (tertiary/aromatic N) is 1. The van der Waals surface area contributed by atoms with Crippen molar-refractivity contribution in [1.29, 1.82) is 0 Å². The standard InChI is InChI=1S/C20H22Cl2N2O5S/c1-30(26,27)29-15-9-7-14(8-10-15)12-24(13-16-4-3-11-28-16)20(25)23-19-17(21)5-2-6-18(19)22/h2,5-10,16H,3-4,11-13H2,1H3,(H,23,25). The summed E-state index contributed by atoms with van der Waals surface area (Å²) in [6, 6.07) is 11.1. The maximum atomic E-state index is 13.0. The maximum absolute atomic E-state index is 13.0. The van der Waals surface area contributed by atoms with Crippen molar-refractivity contribution in [2.24, 2.45) is 0 Å². The summed E-state index contributed by atoms with van der Waals surface area (Å²) in [5, 5.41) is 3.46. The second kappa shape index (κ2) is 9.87. The zero-order valence-electron chi connectivity index (χ0n) is 16.3. The van der Waals surface area contributed by atoms with Crippen LogP contribution in [-0.2, 0) is 21.4 Å². The lowest BCUT2D eigenvalue weighted by Crippen LogP contribution is -2.39. The molecule has 1 unspecified atom stereocenters. The molecular formula is C20H22Cl2N2O5S. The number of anilines is 1. The van der Waals surface area contributed by atoms with E-state index in [1.165, 1.54) is 0 Å². The first-order valence-corrected chi connectivity index (χ1v) is 11.9. The van der Waals surface area contributed by atoms with Gasteiger partial charge in [0.15, 0.2) is 0 Å². The summed E-state index contributed by atoms with van der Waals surface area (Å²) in [6.07, 6.45) is 2.76. The van der Waals surface area contributed by atoms with E-state index in [0.29, 0.717) is 28.9 Å². The molecule has 7 nitrogen and oxygen atoms in total. The highest BCUT2D eigenvalue weighted by molar-refractivity contribution is 7.86. The van der Waals surface area contributed by atoms with Crippen molar-refractivity contribution in [2.45, 2.75) is 25.5 Å². The van der Waals surface area contributed by atoms with Crippen molar-refractivity contribution >= 4 is 45.0 Å². The van der Waals surface area contributed by atoms with E-state index in [1.54, 1.807) is 47.4 Å². The fourth-order valence-corrected chi connectivity index (χ4v) is 4.05. The summed E-state index contributed by atoms with van der Waals surface area (Å²) >= 11 is 12.3. The van der Waals surface area contributed by atoms with Gasteiger partial charge in [-0.1, -0.05) is 41.4 Å². The summed E-state index contributed by atoms with van der Waals surface area (Å²) in [5.41, 5.74) is 1.15. The van der Waals surface area contributed by atoms with Gasteiger partial charge in [0, 0.05) is 19.7 Å². The Bertz CT molecular complexity index is 973. The predicted octanol–water partition coefficient (Wildman–Crippen LogP) is 4.54. The topological polar surface area (TPSA) is 84.9 Å². The second-order valence-corrected chi connectivity index (χ2v) is 9.36. The Morgan fingerprint density at radius 1 is 1.20 bits per heavy atom. The third-order valence-corrected chi connectivity index (χ3v) is 5.60. The molecule has 0 bridgehead atoms. The van der Waals surface area contributed by atoms with E-state index >= 15 is 0 Å². The van der Waals surface area contributed by atoms with Gasteiger partial charge in [0.2, 0.25) is 0 Å². The number of benzene rings is 2. The molecule has 0 aliphatic carbocycles. The van der Waals surface area contributed by atoms with Crippen LogP contribution in [0.2, 0.25) is 10.0 Å². The fraction of sp³-hybridized carbons (Fsp3) is 0.350. The van der Waals surface area contributed by atoms with Gasteiger partial charge in [-0.05, 0) is 42.7 Å². The van der Waals surface area contributed by atoms with Gasteiger partial charge in [0.25, 0.3) is 0 Å². The first-order chi connectivity index (χ1) is 14.2. The summed E-state index contributed by atoms with van der Waals surface area (Å²) < 4.78 is 33.0. The number of hydrogen-bond acceptors (Lipinski definition) is 5. The van der Waals surface area contributed by atoms with Crippen molar-refractivity contribution in [3.63, 3.8) is 0 Å². The van der Waals surface area contributed by atoms with Crippen molar-refractivity contribution in [3.05, 3.63) is 58.1 Å². The third-order valence-electron chi connectivity index (χ3n) is 4.47. The van der Waals surface area contributed by atoms with E-state index in [9.17, 15) is 13.2 Å². The Kier molecular flexibility index (Phi) is 7.46. The molecule has 30 heavy (non-hydrogen) atoms. The predicted molar refractivity (Wildman–Crippen MR) is 117 cm³/mol. The third kappa shape index (κ3) is 6.50. The van der Waals surface area contributed by atoms with Crippen LogP contribution >= 0.6 is 23.2 Å². The summed E-state index contributed by atoms with van der Waals surface area (Å²) in [6.45, 7) is 1.36. The monoisotopic (exact) mass is 472 g/mol. The molecule has 1 N–H and O–H groups in total. The van der Waals surface area contributed by atoms with Gasteiger partial charge >= 0.3 is 16.1 Å². The van der Waals surface area contributed by atoms with E-state index < -0.39 is 10.1 Å². The SMILES string of the molecule is CS(=O)(=O)Oc1ccc(CN(CC2CCCO2)C(=O)Nc2c(Cl)cccc2Cl)cc1. The molecule has 3 rings (SSSR count). The van der Waals surface area contributed by atoms with Crippen LogP contribution in [0.25, 0.3) is 0 Å². The van der Waals surface area contributed by atoms with Gasteiger partial charge in [-0.25, -0.2) is 4.79 Å². The maximum Gasteiger partial charge on any atom is 0.322 e. The van der Waals surface area contributed by atoms with Crippen LogP contribution in [0, 0.1) is 0 Å². The van der Waals surface area contributed by atoms with Crippen LogP contribution < -0.4 is 9.50 Å². The van der Waals surface area contributed by atoms with Crippen molar-refractivity contribution in [3.8, 4) is 5.75 Å². The zero-order valence-corrected chi connectivity index (χ0v) is 18.6. The number of carbonyl (C=O) groups is 1. The summed E-state index contributed by atoms with van der Waals surface area (Å²) in [4.78, 5) is 14.6. The highest BCUT2D eigenvalue weighted by Gasteiger charge is 2.24. The molecule has 2 aromatic carbocycles. The minimum absolute atomic E-state index is 0.0506.